The molecule has 0 fully saturated rings. The van der Waals surface area contributed by atoms with E-state index in [-0.39, 0.29) is 0 Å². The Kier molecular flexibility index (Phi) is 2.34. The summed E-state index contributed by atoms with van der Waals surface area (Å²) >= 11 is 0. The number of H-pyrrole nitrogens is 1. The second-order valence-electron chi connectivity index (χ2n) is 4.86. The van der Waals surface area contributed by atoms with Crippen LogP contribution in [-0.2, 0) is 0 Å². The number of fused-ring (bicyclic) bond motifs is 2. The molecule has 4 aromatic rings. The topological polar surface area (TPSA) is 96.9 Å². The van der Waals surface area contributed by atoms with Crippen LogP contribution < -0.4 is 11.1 Å². The molecular formula is C14H13N7. The van der Waals surface area contributed by atoms with E-state index in [1.165, 1.54) is 0 Å². The van der Waals surface area contributed by atoms with Crippen molar-refractivity contribution >= 4 is 34.0 Å². The van der Waals surface area contributed by atoms with Crippen molar-refractivity contribution in [3.05, 3.63) is 42.1 Å². The summed E-state index contributed by atoms with van der Waals surface area (Å²) in [5.74, 6) is 1.06. The highest BCUT2D eigenvalue weighted by Crippen LogP contribution is 2.22. The maximum atomic E-state index is 5.86. The van der Waals surface area contributed by atoms with Crippen LogP contribution in [0.15, 0.2) is 36.4 Å². The summed E-state index contributed by atoms with van der Waals surface area (Å²) in [6, 6.07) is 11.4. The molecule has 3 heterocycles. The molecule has 0 spiro atoms. The molecule has 0 aliphatic heterocycles. The fourth-order valence-corrected chi connectivity index (χ4v) is 2.32. The minimum Gasteiger partial charge on any atom is -0.384 e. The summed E-state index contributed by atoms with van der Waals surface area (Å²) in [5, 5.41) is 15.8. The first-order valence-corrected chi connectivity index (χ1v) is 6.54. The van der Waals surface area contributed by atoms with Crippen molar-refractivity contribution < 1.29 is 0 Å². The zero-order valence-corrected chi connectivity index (χ0v) is 11.3. The maximum absolute atomic E-state index is 5.86. The van der Waals surface area contributed by atoms with E-state index in [1.54, 1.807) is 10.6 Å². The smallest absolute Gasteiger partial charge is 0.247 e. The van der Waals surface area contributed by atoms with Gasteiger partial charge in [-0.05, 0) is 37.3 Å². The molecule has 0 atom stereocenters. The lowest BCUT2D eigenvalue weighted by atomic mass is 10.2. The number of benzene rings is 1. The van der Waals surface area contributed by atoms with Crippen LogP contribution in [0.3, 0.4) is 0 Å². The summed E-state index contributed by atoms with van der Waals surface area (Å²) in [7, 11) is 0. The molecule has 0 amide bonds. The number of aryl methyl sites for hydroxylation is 1. The number of aromatic nitrogens is 5. The molecule has 104 valence electrons. The third kappa shape index (κ3) is 1.86. The van der Waals surface area contributed by atoms with Gasteiger partial charge in [0.15, 0.2) is 5.65 Å². The average Bonchev–Trinajstić information content (AvgIpc) is 3.04. The number of hydrogen-bond donors (Lipinski definition) is 3. The standard InChI is InChI=1S/C14H13N7/c1-8-10-7-9(5-6-11(10)19-18-8)16-14-17-13-4-2-3-12(15)21(13)20-14/h2-7H,15H2,1H3,(H,16,20)(H,18,19). The average molecular weight is 279 g/mol. The molecule has 0 bridgehead atoms. The molecule has 7 heteroatoms. The van der Waals surface area contributed by atoms with Crippen LogP contribution in [0.4, 0.5) is 17.5 Å². The first-order valence-electron chi connectivity index (χ1n) is 6.54. The van der Waals surface area contributed by atoms with Crippen molar-refractivity contribution in [2.75, 3.05) is 11.1 Å². The maximum Gasteiger partial charge on any atom is 0.247 e. The predicted octanol–water partition coefficient (Wildman–Crippen LogP) is 2.24. The SMILES string of the molecule is Cc1[nH]nc2ccc(Nc3nc4cccc(N)n4n3)cc12. The number of nitrogens with zero attached hydrogens (tertiary/aromatic N) is 4. The Morgan fingerprint density at radius 3 is 3.00 bits per heavy atom. The first-order chi connectivity index (χ1) is 10.2. The number of nitrogens with two attached hydrogens (primary N) is 1. The lowest BCUT2D eigenvalue weighted by Crippen LogP contribution is -1.98. The Bertz CT molecular complexity index is 950. The molecule has 4 N–H and O–H groups in total. The molecule has 0 saturated carbocycles. The zero-order chi connectivity index (χ0) is 14.4. The number of nitrogen functional groups attached to an aromatic ring is 1. The van der Waals surface area contributed by atoms with Crippen molar-refractivity contribution in [1.82, 2.24) is 24.8 Å². The van der Waals surface area contributed by atoms with E-state index in [2.05, 4.69) is 25.6 Å². The molecule has 0 aliphatic carbocycles. The van der Waals surface area contributed by atoms with Gasteiger partial charge < -0.3 is 11.1 Å². The van der Waals surface area contributed by atoms with Crippen LogP contribution in [0.25, 0.3) is 16.6 Å². The predicted molar refractivity (Wildman–Crippen MR) is 81.5 cm³/mol. The highest BCUT2D eigenvalue weighted by molar-refractivity contribution is 5.85. The van der Waals surface area contributed by atoms with Gasteiger partial charge in [-0.15, -0.1) is 5.10 Å². The highest BCUT2D eigenvalue weighted by atomic mass is 15.4. The number of rotatable bonds is 2. The summed E-state index contributed by atoms with van der Waals surface area (Å²) in [4.78, 5) is 4.40. The Labute approximate surface area is 119 Å². The normalized spacial score (nSPS) is 11.3. The zero-order valence-electron chi connectivity index (χ0n) is 11.3. The summed E-state index contributed by atoms with van der Waals surface area (Å²) in [6.45, 7) is 1.99. The quantitative estimate of drug-likeness (QED) is 0.523. The van der Waals surface area contributed by atoms with Crippen molar-refractivity contribution in [3.8, 4) is 0 Å². The minimum atomic E-state index is 0.508. The van der Waals surface area contributed by atoms with Crippen LogP contribution in [-0.4, -0.2) is 24.8 Å². The van der Waals surface area contributed by atoms with Gasteiger partial charge in [-0.3, -0.25) is 5.10 Å². The molecule has 0 radical (unpaired) electrons. The molecular weight excluding hydrogens is 266 g/mol. The number of pyridine rings is 1. The fraction of sp³-hybridized carbons (Fsp3) is 0.0714. The van der Waals surface area contributed by atoms with Crippen LogP contribution >= 0.6 is 0 Å². The van der Waals surface area contributed by atoms with Gasteiger partial charge in [0.2, 0.25) is 5.95 Å². The van der Waals surface area contributed by atoms with E-state index in [9.17, 15) is 0 Å². The van der Waals surface area contributed by atoms with Gasteiger partial charge >= 0.3 is 0 Å². The Hall–Kier alpha value is -3.09. The third-order valence-corrected chi connectivity index (χ3v) is 3.39. The fourth-order valence-electron chi connectivity index (χ4n) is 2.32. The van der Waals surface area contributed by atoms with Gasteiger partial charge in [-0.2, -0.15) is 14.6 Å². The van der Waals surface area contributed by atoms with Crippen LogP contribution in [0, 0.1) is 6.92 Å². The molecule has 3 aromatic heterocycles. The number of aromatic amines is 1. The van der Waals surface area contributed by atoms with Crippen LogP contribution in [0.2, 0.25) is 0 Å². The van der Waals surface area contributed by atoms with E-state index in [0.717, 1.165) is 22.3 Å². The third-order valence-electron chi connectivity index (χ3n) is 3.39. The van der Waals surface area contributed by atoms with Gasteiger partial charge in [0.05, 0.1) is 5.52 Å². The molecule has 0 unspecified atom stereocenters. The number of anilines is 3. The van der Waals surface area contributed by atoms with E-state index in [0.29, 0.717) is 17.4 Å². The molecule has 4 rings (SSSR count). The lowest BCUT2D eigenvalue weighted by Gasteiger charge is -2.01. The van der Waals surface area contributed by atoms with Gasteiger partial charge in [0, 0.05) is 16.8 Å². The molecule has 7 nitrogen and oxygen atoms in total. The second-order valence-corrected chi connectivity index (χ2v) is 4.86. The lowest BCUT2D eigenvalue weighted by molar-refractivity contribution is 0.978. The first kappa shape index (κ1) is 11.7. The van der Waals surface area contributed by atoms with Crippen molar-refractivity contribution in [2.45, 2.75) is 6.92 Å². The number of nitrogens with one attached hydrogen (secondary N) is 2. The largest absolute Gasteiger partial charge is 0.384 e. The molecule has 0 aliphatic rings. The second kappa shape index (κ2) is 4.20. The van der Waals surface area contributed by atoms with Gasteiger partial charge in [-0.1, -0.05) is 6.07 Å². The summed E-state index contributed by atoms with van der Waals surface area (Å²) in [6.07, 6.45) is 0. The van der Waals surface area contributed by atoms with Crippen LogP contribution in [0.5, 0.6) is 0 Å². The minimum absolute atomic E-state index is 0.508. The van der Waals surface area contributed by atoms with E-state index >= 15 is 0 Å². The van der Waals surface area contributed by atoms with Crippen molar-refractivity contribution in [2.24, 2.45) is 0 Å². The summed E-state index contributed by atoms with van der Waals surface area (Å²) < 4.78 is 1.60. The van der Waals surface area contributed by atoms with Gasteiger partial charge in [0.1, 0.15) is 5.82 Å². The van der Waals surface area contributed by atoms with Crippen LogP contribution in [0.1, 0.15) is 5.69 Å². The number of hydrogen-bond acceptors (Lipinski definition) is 5. The van der Waals surface area contributed by atoms with E-state index in [1.807, 2.05) is 37.3 Å². The van der Waals surface area contributed by atoms with Crippen molar-refractivity contribution in [3.63, 3.8) is 0 Å². The highest BCUT2D eigenvalue weighted by Gasteiger charge is 2.07. The van der Waals surface area contributed by atoms with E-state index < -0.39 is 0 Å². The molecule has 1 aromatic carbocycles. The van der Waals surface area contributed by atoms with E-state index in [4.69, 9.17) is 5.73 Å². The summed E-state index contributed by atoms with van der Waals surface area (Å²) in [5.41, 5.74) is 9.44. The monoisotopic (exact) mass is 279 g/mol. The van der Waals surface area contributed by atoms with Gasteiger partial charge in [-0.25, -0.2) is 0 Å². The van der Waals surface area contributed by atoms with Gasteiger partial charge in [0.25, 0.3) is 0 Å². The Morgan fingerprint density at radius 1 is 1.24 bits per heavy atom. The molecule has 21 heavy (non-hydrogen) atoms. The van der Waals surface area contributed by atoms with Crippen molar-refractivity contribution in [1.29, 1.82) is 0 Å². The molecule has 0 saturated heterocycles. The Morgan fingerprint density at radius 2 is 2.14 bits per heavy atom. The Balaban J connectivity index is 1.75.